The van der Waals surface area contributed by atoms with Crippen LogP contribution in [0.2, 0.25) is 0 Å². The van der Waals surface area contributed by atoms with Gasteiger partial charge in [0.25, 0.3) is 0 Å². The molecule has 0 bridgehead atoms. The van der Waals surface area contributed by atoms with Gasteiger partial charge in [-0.1, -0.05) is 0 Å². The minimum atomic E-state index is -0.696. The molecular weight excluding hydrogens is 344 g/mol. The molecule has 0 spiro atoms. The third kappa shape index (κ3) is 3.20. The fraction of sp³-hybridized carbons (Fsp3) is 0.533. The van der Waals surface area contributed by atoms with Crippen LogP contribution >= 0.6 is 15.9 Å². The highest BCUT2D eigenvalue weighted by Crippen LogP contribution is 2.38. The maximum Gasteiger partial charge on any atom is 0.415 e. The van der Waals surface area contributed by atoms with E-state index in [4.69, 9.17) is 4.74 Å². The van der Waals surface area contributed by atoms with Crippen molar-refractivity contribution in [3.63, 3.8) is 0 Å². The second kappa shape index (κ2) is 5.55. The molecule has 0 aromatic heterocycles. The Morgan fingerprint density at radius 1 is 1.43 bits per heavy atom. The van der Waals surface area contributed by atoms with Crippen molar-refractivity contribution in [2.45, 2.75) is 52.2 Å². The van der Waals surface area contributed by atoms with E-state index in [-0.39, 0.29) is 21.8 Å². The number of benzene rings is 1. The van der Waals surface area contributed by atoms with Crippen molar-refractivity contribution in [3.8, 4) is 0 Å². The van der Waals surface area contributed by atoms with Crippen molar-refractivity contribution in [1.82, 2.24) is 0 Å². The SMILES string of the molecule is CC1CCc2c(F)c(Br)cc(F)c2N1C(=O)OC(C)(C)C. The number of hydrogen-bond acceptors (Lipinski definition) is 2. The molecule has 1 aliphatic heterocycles. The maximum absolute atomic E-state index is 14.3. The van der Waals surface area contributed by atoms with E-state index in [1.165, 1.54) is 4.90 Å². The molecule has 1 aromatic carbocycles. The van der Waals surface area contributed by atoms with Crippen LogP contribution in [0.15, 0.2) is 10.5 Å². The van der Waals surface area contributed by atoms with Gasteiger partial charge >= 0.3 is 6.09 Å². The van der Waals surface area contributed by atoms with Crippen LogP contribution in [0.4, 0.5) is 19.3 Å². The Morgan fingerprint density at radius 3 is 2.62 bits per heavy atom. The second-order valence-corrected chi connectivity index (χ2v) is 7.07. The van der Waals surface area contributed by atoms with Crippen molar-refractivity contribution in [1.29, 1.82) is 0 Å². The van der Waals surface area contributed by atoms with Crippen molar-refractivity contribution in [2.75, 3.05) is 4.90 Å². The Bertz CT molecular complexity index is 584. The summed E-state index contributed by atoms with van der Waals surface area (Å²) >= 11 is 3.00. The zero-order valence-corrected chi connectivity index (χ0v) is 14.1. The molecule has 3 nitrogen and oxygen atoms in total. The lowest BCUT2D eigenvalue weighted by Gasteiger charge is -2.36. The molecule has 0 saturated heterocycles. The third-order valence-electron chi connectivity index (χ3n) is 3.32. The monoisotopic (exact) mass is 361 g/mol. The Morgan fingerprint density at radius 2 is 2.05 bits per heavy atom. The van der Waals surface area contributed by atoms with Gasteiger partial charge in [0, 0.05) is 11.6 Å². The number of rotatable bonds is 0. The molecule has 0 radical (unpaired) electrons. The van der Waals surface area contributed by atoms with Gasteiger partial charge in [0.15, 0.2) is 0 Å². The molecule has 6 heteroatoms. The van der Waals surface area contributed by atoms with Crippen molar-refractivity contribution in [3.05, 3.63) is 27.7 Å². The van der Waals surface area contributed by atoms with Crippen LogP contribution in [0, 0.1) is 11.6 Å². The minimum Gasteiger partial charge on any atom is -0.443 e. The topological polar surface area (TPSA) is 29.5 Å². The first-order chi connectivity index (χ1) is 9.61. The van der Waals surface area contributed by atoms with Crippen LogP contribution in [0.5, 0.6) is 0 Å². The van der Waals surface area contributed by atoms with Crippen LogP contribution in [0.25, 0.3) is 0 Å². The number of ether oxygens (including phenoxy) is 1. The van der Waals surface area contributed by atoms with E-state index in [2.05, 4.69) is 15.9 Å². The summed E-state index contributed by atoms with van der Waals surface area (Å²) in [7, 11) is 0. The Kier molecular flexibility index (Phi) is 4.29. The molecule has 0 aliphatic carbocycles. The summed E-state index contributed by atoms with van der Waals surface area (Å²) in [5.74, 6) is -1.15. The van der Waals surface area contributed by atoms with Crippen LogP contribution in [-0.4, -0.2) is 17.7 Å². The standard InChI is InChI=1S/C15H18BrF2NO2/c1-8-5-6-9-12(18)10(16)7-11(17)13(9)19(8)14(20)21-15(2,3)4/h7-8H,5-6H2,1-4H3. The Balaban J connectivity index is 2.50. The summed E-state index contributed by atoms with van der Waals surface area (Å²) in [6, 6.07) is 0.797. The van der Waals surface area contributed by atoms with Gasteiger partial charge < -0.3 is 4.74 Å². The number of nitrogens with zero attached hydrogens (tertiary/aromatic N) is 1. The van der Waals surface area contributed by atoms with Crippen molar-refractivity contribution in [2.24, 2.45) is 0 Å². The van der Waals surface area contributed by atoms with E-state index >= 15 is 0 Å². The van der Waals surface area contributed by atoms with E-state index in [0.717, 1.165) is 6.07 Å². The van der Waals surface area contributed by atoms with Gasteiger partial charge in [-0.05, 0) is 62.5 Å². The average molecular weight is 362 g/mol. The molecule has 116 valence electrons. The third-order valence-corrected chi connectivity index (χ3v) is 3.90. The summed E-state index contributed by atoms with van der Waals surface area (Å²) in [6.07, 6.45) is 0.286. The van der Waals surface area contributed by atoms with Gasteiger partial charge in [-0.15, -0.1) is 0 Å². The first-order valence-electron chi connectivity index (χ1n) is 6.80. The number of carbonyl (C=O) groups excluding carboxylic acids is 1. The first kappa shape index (κ1) is 16.2. The van der Waals surface area contributed by atoms with Gasteiger partial charge in [-0.3, -0.25) is 4.90 Å². The quantitative estimate of drug-likeness (QED) is 0.621. The van der Waals surface area contributed by atoms with E-state index in [9.17, 15) is 13.6 Å². The number of anilines is 1. The molecule has 2 rings (SSSR count). The summed E-state index contributed by atoms with van der Waals surface area (Å²) in [4.78, 5) is 13.6. The zero-order valence-electron chi connectivity index (χ0n) is 12.5. The smallest absolute Gasteiger partial charge is 0.415 e. The van der Waals surface area contributed by atoms with Crippen LogP contribution in [-0.2, 0) is 11.2 Å². The number of carbonyl (C=O) groups is 1. The van der Waals surface area contributed by atoms with Gasteiger partial charge in [0.2, 0.25) is 0 Å². The number of hydrogen-bond donors (Lipinski definition) is 0. The summed E-state index contributed by atoms with van der Waals surface area (Å²) in [5.41, 5.74) is -0.492. The molecule has 1 aliphatic rings. The number of halogens is 3. The first-order valence-corrected chi connectivity index (χ1v) is 7.59. The second-order valence-electron chi connectivity index (χ2n) is 6.22. The summed E-state index contributed by atoms with van der Waals surface area (Å²) in [5, 5.41) is 0. The predicted octanol–water partition coefficient (Wildman–Crippen LogP) is 4.80. The van der Waals surface area contributed by atoms with Crippen LogP contribution in [0.3, 0.4) is 0 Å². The lowest BCUT2D eigenvalue weighted by molar-refractivity contribution is 0.0562. The highest BCUT2D eigenvalue weighted by molar-refractivity contribution is 9.10. The molecule has 1 aromatic rings. The molecular formula is C15H18BrF2NO2. The molecule has 1 amide bonds. The van der Waals surface area contributed by atoms with E-state index in [1.54, 1.807) is 27.7 Å². The molecule has 1 heterocycles. The average Bonchev–Trinajstić information content (AvgIpc) is 2.33. The Labute approximate surface area is 131 Å². The molecule has 1 unspecified atom stereocenters. The van der Waals surface area contributed by atoms with Gasteiger partial charge in [-0.2, -0.15) is 0 Å². The van der Waals surface area contributed by atoms with Crippen molar-refractivity contribution < 1.29 is 18.3 Å². The molecule has 1 atom stereocenters. The van der Waals surface area contributed by atoms with Gasteiger partial charge in [-0.25, -0.2) is 13.6 Å². The van der Waals surface area contributed by atoms with E-state index in [1.807, 2.05) is 0 Å². The highest BCUT2D eigenvalue weighted by atomic mass is 79.9. The normalized spacial score (nSPS) is 18.4. The zero-order chi connectivity index (χ0) is 15.9. The number of fused-ring (bicyclic) bond motifs is 1. The molecule has 0 fully saturated rings. The van der Waals surface area contributed by atoms with Gasteiger partial charge in [0.1, 0.15) is 17.2 Å². The van der Waals surface area contributed by atoms with Crippen LogP contribution < -0.4 is 4.90 Å². The largest absolute Gasteiger partial charge is 0.443 e. The van der Waals surface area contributed by atoms with E-state index in [0.29, 0.717) is 12.8 Å². The Hall–Kier alpha value is -1.17. The van der Waals surface area contributed by atoms with Gasteiger partial charge in [0.05, 0.1) is 10.2 Å². The lowest BCUT2D eigenvalue weighted by atomic mass is 9.96. The maximum atomic E-state index is 14.3. The fourth-order valence-electron chi connectivity index (χ4n) is 2.41. The minimum absolute atomic E-state index is 0.0105. The molecule has 0 saturated carbocycles. The predicted molar refractivity (Wildman–Crippen MR) is 80.6 cm³/mol. The number of amides is 1. The lowest BCUT2D eigenvalue weighted by Crippen LogP contribution is -2.45. The van der Waals surface area contributed by atoms with Crippen LogP contribution in [0.1, 0.15) is 39.7 Å². The molecule has 21 heavy (non-hydrogen) atoms. The summed E-state index contributed by atoms with van der Waals surface area (Å²) < 4.78 is 33.8. The van der Waals surface area contributed by atoms with Crippen molar-refractivity contribution >= 4 is 27.7 Å². The van der Waals surface area contributed by atoms with E-state index < -0.39 is 23.3 Å². The molecule has 0 N–H and O–H groups in total. The fourth-order valence-corrected chi connectivity index (χ4v) is 2.85. The summed E-state index contributed by atoms with van der Waals surface area (Å²) in [6.45, 7) is 7.00. The highest BCUT2D eigenvalue weighted by Gasteiger charge is 2.36.